The van der Waals surface area contributed by atoms with E-state index in [0.717, 1.165) is 0 Å². The third-order valence-electron chi connectivity index (χ3n) is 5.37. The van der Waals surface area contributed by atoms with Crippen LogP contribution in [0, 0.1) is 0 Å². The lowest BCUT2D eigenvalue weighted by Gasteiger charge is -2.32. The van der Waals surface area contributed by atoms with Crippen LogP contribution < -0.4 is 19.9 Å². The number of ether oxygens (including phenoxy) is 2. The third-order valence-corrected chi connectivity index (χ3v) is 5.94. The molecule has 2 heterocycles. The molecule has 9 nitrogen and oxygen atoms in total. The van der Waals surface area contributed by atoms with E-state index in [0.29, 0.717) is 33.4 Å². The van der Waals surface area contributed by atoms with E-state index in [-0.39, 0.29) is 31.1 Å². The molecule has 1 aromatic heterocycles. The highest BCUT2D eigenvalue weighted by Gasteiger charge is 2.46. The van der Waals surface area contributed by atoms with Gasteiger partial charge in [-0.1, -0.05) is 43.0 Å². The zero-order chi connectivity index (χ0) is 24.2. The first kappa shape index (κ1) is 23.5. The molecule has 1 atom stereocenters. The summed E-state index contributed by atoms with van der Waals surface area (Å²) in [6.07, 6.45) is 1.25. The second kappa shape index (κ2) is 10.1. The third kappa shape index (κ3) is 4.28. The first-order chi connectivity index (χ1) is 16.5. The number of thioether (sulfide) groups is 1. The number of aromatic nitrogens is 3. The van der Waals surface area contributed by atoms with Crippen LogP contribution in [0.1, 0.15) is 32.0 Å². The predicted octanol–water partition coefficient (Wildman–Crippen LogP) is 2.69. The van der Waals surface area contributed by atoms with E-state index in [1.165, 1.54) is 11.8 Å². The Hall–Kier alpha value is -3.66. The molecule has 0 spiro atoms. The zero-order valence-corrected chi connectivity index (χ0v) is 19.9. The first-order valence-corrected chi connectivity index (χ1v) is 12.1. The van der Waals surface area contributed by atoms with Crippen LogP contribution in [0.3, 0.4) is 0 Å². The van der Waals surface area contributed by atoms with Gasteiger partial charge in [0.05, 0.1) is 23.4 Å². The van der Waals surface area contributed by atoms with Crippen molar-refractivity contribution >= 4 is 29.3 Å². The van der Waals surface area contributed by atoms with E-state index in [9.17, 15) is 14.4 Å². The second-order valence-corrected chi connectivity index (χ2v) is 8.19. The minimum atomic E-state index is -0.802. The number of nitrogens with one attached hydrogen (secondary N) is 1. The Morgan fingerprint density at radius 2 is 1.88 bits per heavy atom. The fraction of sp³-hybridized carbons (Fsp3) is 0.292. The second-order valence-electron chi connectivity index (χ2n) is 7.40. The number of para-hydroxylation sites is 2. The molecule has 0 saturated carbocycles. The fourth-order valence-corrected chi connectivity index (χ4v) is 4.31. The van der Waals surface area contributed by atoms with Gasteiger partial charge in [0.1, 0.15) is 5.75 Å². The maximum Gasteiger partial charge on any atom is 0.344 e. The molecule has 0 unspecified atom stereocenters. The average molecular weight is 482 g/mol. The summed E-state index contributed by atoms with van der Waals surface area (Å²) in [6.45, 7) is 3.46. The Kier molecular flexibility index (Phi) is 6.97. The molecule has 0 aliphatic carbocycles. The lowest BCUT2D eigenvalue weighted by molar-refractivity contribution is -0.763. The highest BCUT2D eigenvalue weighted by Crippen LogP contribution is 2.39. The van der Waals surface area contributed by atoms with Gasteiger partial charge < -0.3 is 9.47 Å². The van der Waals surface area contributed by atoms with Gasteiger partial charge >= 0.3 is 17.2 Å². The Morgan fingerprint density at radius 1 is 1.15 bits per heavy atom. The summed E-state index contributed by atoms with van der Waals surface area (Å²) in [7, 11) is 0. The highest BCUT2D eigenvalue weighted by molar-refractivity contribution is 7.98. The average Bonchev–Trinajstić information content (AvgIpc) is 2.86. The molecule has 1 aliphatic rings. The van der Waals surface area contributed by atoms with Crippen LogP contribution in [0.15, 0.2) is 58.5 Å². The maximum atomic E-state index is 13.3. The molecule has 2 aromatic carbocycles. The summed E-state index contributed by atoms with van der Waals surface area (Å²) < 4.78 is 12.4. The largest absolute Gasteiger partial charge is 0.481 e. The van der Waals surface area contributed by atoms with Crippen LogP contribution >= 0.6 is 11.8 Å². The number of carbonyl (C=O) groups is 2. The van der Waals surface area contributed by atoms with Crippen molar-refractivity contribution in [3.63, 3.8) is 0 Å². The Balaban J connectivity index is 1.95. The van der Waals surface area contributed by atoms with E-state index in [1.807, 2.05) is 30.5 Å². The highest BCUT2D eigenvalue weighted by atomic mass is 32.2. The van der Waals surface area contributed by atoms with Gasteiger partial charge in [-0.3, -0.25) is 14.6 Å². The smallest absolute Gasteiger partial charge is 0.344 e. The number of nitrogens with zero attached hydrogens (tertiary/aromatic N) is 3. The van der Waals surface area contributed by atoms with E-state index >= 15 is 0 Å². The number of aromatic amines is 1. The van der Waals surface area contributed by atoms with E-state index < -0.39 is 12.1 Å². The number of hydrogen-bond acceptors (Lipinski definition) is 7. The van der Waals surface area contributed by atoms with Crippen LogP contribution in [-0.4, -0.2) is 41.4 Å². The predicted molar refractivity (Wildman–Crippen MR) is 127 cm³/mol. The van der Waals surface area contributed by atoms with Crippen molar-refractivity contribution in [3.05, 3.63) is 64.4 Å². The van der Waals surface area contributed by atoms with Crippen molar-refractivity contribution in [2.24, 2.45) is 0 Å². The van der Waals surface area contributed by atoms with Gasteiger partial charge in [-0.15, -0.1) is 0 Å². The van der Waals surface area contributed by atoms with Crippen LogP contribution in [0.5, 0.6) is 5.75 Å². The molecule has 3 aromatic rings. The molecular formula is C24H25N4O5S+. The van der Waals surface area contributed by atoms with Crippen molar-refractivity contribution in [1.82, 2.24) is 10.1 Å². The summed E-state index contributed by atoms with van der Waals surface area (Å²) in [5, 5.41) is 5.07. The Bertz CT molecular complexity index is 1290. The first-order valence-electron chi connectivity index (χ1n) is 10.9. The van der Waals surface area contributed by atoms with Crippen LogP contribution in [-0.2, 0) is 14.3 Å². The van der Waals surface area contributed by atoms with Gasteiger partial charge in [0.2, 0.25) is 11.1 Å². The maximum absolute atomic E-state index is 13.3. The zero-order valence-electron chi connectivity index (χ0n) is 19.1. The van der Waals surface area contributed by atoms with E-state index in [1.54, 1.807) is 47.7 Å². The lowest BCUT2D eigenvalue weighted by atomic mass is 10.0. The van der Waals surface area contributed by atoms with Crippen molar-refractivity contribution in [3.8, 4) is 17.0 Å². The summed E-state index contributed by atoms with van der Waals surface area (Å²) in [5.41, 5.74) is 1.80. The number of esters is 1. The number of fused-ring (bicyclic) bond motifs is 3. The van der Waals surface area contributed by atoms with E-state index in [4.69, 9.17) is 9.47 Å². The molecule has 10 heteroatoms. The SMILES string of the molecule is CCOC(=O)COc1ccccc1[C@H]1N(C(=O)CC)c2ccccc2-c2c(=O)[nH]c(SC)n[n+]21. The molecule has 1 amide bonds. The molecular weight excluding hydrogens is 456 g/mol. The summed E-state index contributed by atoms with van der Waals surface area (Å²) in [5.74, 6) is -0.260. The van der Waals surface area contributed by atoms with Gasteiger partial charge in [-0.2, -0.15) is 0 Å². The number of amides is 1. The monoisotopic (exact) mass is 481 g/mol. The van der Waals surface area contributed by atoms with Crippen LogP contribution in [0.25, 0.3) is 11.3 Å². The number of rotatable bonds is 7. The topological polar surface area (TPSA) is 105 Å². The lowest BCUT2D eigenvalue weighted by Crippen LogP contribution is -2.61. The molecule has 1 aliphatic heterocycles. The number of hydrogen-bond donors (Lipinski definition) is 1. The summed E-state index contributed by atoms with van der Waals surface area (Å²) in [4.78, 5) is 42.8. The van der Waals surface area contributed by atoms with Gasteiger partial charge in [-0.25, -0.2) is 9.69 Å². The van der Waals surface area contributed by atoms with Gasteiger partial charge in [-0.05, 0) is 42.1 Å². The summed E-state index contributed by atoms with van der Waals surface area (Å²) in [6, 6.07) is 14.3. The van der Waals surface area contributed by atoms with E-state index in [2.05, 4.69) is 10.1 Å². The molecule has 4 rings (SSSR count). The molecule has 0 bridgehead atoms. The van der Waals surface area contributed by atoms with Crippen molar-refractivity contribution in [1.29, 1.82) is 0 Å². The fourth-order valence-electron chi connectivity index (χ4n) is 3.95. The van der Waals surface area contributed by atoms with Crippen molar-refractivity contribution in [2.75, 3.05) is 24.4 Å². The van der Waals surface area contributed by atoms with Crippen molar-refractivity contribution < 1.29 is 23.7 Å². The molecule has 0 saturated heterocycles. The molecule has 0 radical (unpaired) electrons. The number of H-pyrrole nitrogens is 1. The Labute approximate surface area is 200 Å². The van der Waals surface area contributed by atoms with Crippen molar-refractivity contribution in [2.45, 2.75) is 31.6 Å². The van der Waals surface area contributed by atoms with Gasteiger partial charge in [0.25, 0.3) is 6.17 Å². The molecule has 1 N–H and O–H groups in total. The summed E-state index contributed by atoms with van der Waals surface area (Å²) >= 11 is 1.29. The van der Waals surface area contributed by atoms with Crippen LogP contribution in [0.4, 0.5) is 5.69 Å². The standard InChI is InChI=1S/C24H24N4O5S/c1-4-19(29)27-17-12-8-6-10-15(17)21-22(31)25-24(34-3)26-28(21)23(27)16-11-7-9-13-18(16)33-14-20(30)32-5-2/h6-13,23H,4-5,14H2,1-3H3/p+1/t23-/m0/s1. The minimum absolute atomic E-state index is 0.149. The minimum Gasteiger partial charge on any atom is -0.481 e. The van der Waals surface area contributed by atoms with Gasteiger partial charge in [0, 0.05) is 11.5 Å². The quantitative estimate of drug-likeness (QED) is 0.314. The number of benzene rings is 2. The van der Waals surface area contributed by atoms with Crippen LogP contribution in [0.2, 0.25) is 0 Å². The number of carbonyl (C=O) groups excluding carboxylic acids is 2. The Morgan fingerprint density at radius 3 is 2.62 bits per heavy atom. The molecule has 0 fully saturated rings. The normalized spacial score (nSPS) is 14.2. The molecule has 34 heavy (non-hydrogen) atoms. The van der Waals surface area contributed by atoms with Gasteiger partial charge in [0.15, 0.2) is 6.61 Å². The number of anilines is 1. The molecule has 176 valence electrons.